The number of sulfonamides is 1. The molecule has 0 heterocycles. The third-order valence-corrected chi connectivity index (χ3v) is 8.84. The van der Waals surface area contributed by atoms with Crippen LogP contribution in [0.3, 0.4) is 0 Å². The molecule has 3 aromatic rings. The average molecular weight is 615 g/mol. The first-order valence-electron chi connectivity index (χ1n) is 12.8. The molecule has 0 aliphatic carbocycles. The Balaban J connectivity index is 2.08. The summed E-state index contributed by atoms with van der Waals surface area (Å²) in [6, 6.07) is 18.5. The maximum absolute atomic E-state index is 14.0. The zero-order chi connectivity index (χ0) is 28.9. The van der Waals surface area contributed by atoms with Crippen LogP contribution in [0.5, 0.6) is 0 Å². The van der Waals surface area contributed by atoms with Crippen LogP contribution in [-0.2, 0) is 26.2 Å². The van der Waals surface area contributed by atoms with Crippen molar-refractivity contribution < 1.29 is 18.0 Å². The zero-order valence-electron chi connectivity index (χ0n) is 23.2. The molecule has 0 unspecified atom stereocenters. The predicted molar refractivity (Wildman–Crippen MR) is 159 cm³/mol. The van der Waals surface area contributed by atoms with Gasteiger partial charge in [0.15, 0.2) is 0 Å². The molecular weight excluding hydrogens is 578 g/mol. The van der Waals surface area contributed by atoms with Crippen molar-refractivity contribution in [2.45, 2.75) is 65.1 Å². The number of nitrogens with one attached hydrogen (secondary N) is 1. The van der Waals surface area contributed by atoms with Gasteiger partial charge in [-0.05, 0) is 88.6 Å². The fourth-order valence-corrected chi connectivity index (χ4v) is 6.09. The number of rotatable bonds is 10. The highest BCUT2D eigenvalue weighted by molar-refractivity contribution is 9.10. The number of hydrogen-bond donors (Lipinski definition) is 1. The number of aryl methyl sites for hydroxylation is 2. The normalized spacial score (nSPS) is 12.2. The van der Waals surface area contributed by atoms with Crippen molar-refractivity contribution >= 4 is 43.5 Å². The Labute approximate surface area is 240 Å². The smallest absolute Gasteiger partial charge is 0.264 e. The van der Waals surface area contributed by atoms with Gasteiger partial charge in [0.2, 0.25) is 11.8 Å². The molecule has 39 heavy (non-hydrogen) atoms. The molecule has 3 aromatic carbocycles. The van der Waals surface area contributed by atoms with Crippen LogP contribution < -0.4 is 9.62 Å². The lowest BCUT2D eigenvalue weighted by Gasteiger charge is -2.33. The van der Waals surface area contributed by atoms with Gasteiger partial charge in [0.25, 0.3) is 10.0 Å². The van der Waals surface area contributed by atoms with E-state index in [1.807, 2.05) is 65.0 Å². The molecule has 3 rings (SSSR count). The van der Waals surface area contributed by atoms with Gasteiger partial charge in [0.05, 0.1) is 10.6 Å². The molecule has 0 spiro atoms. The summed E-state index contributed by atoms with van der Waals surface area (Å²) in [5.41, 5.74) is 3.81. The monoisotopic (exact) mass is 613 g/mol. The second kappa shape index (κ2) is 12.8. The lowest BCUT2D eigenvalue weighted by molar-refractivity contribution is -0.139. The van der Waals surface area contributed by atoms with Gasteiger partial charge in [-0.2, -0.15) is 0 Å². The Morgan fingerprint density at radius 3 is 2.18 bits per heavy atom. The van der Waals surface area contributed by atoms with E-state index in [0.717, 1.165) is 31.0 Å². The maximum atomic E-state index is 14.0. The SMILES string of the molecule is Cc1ccc(S(=O)(=O)N(CC(=O)N(Cc2cccc(Br)c2)[C@H](C)C(=O)NC(C)C)c2cccc(C)c2C)cc1. The third kappa shape index (κ3) is 7.48. The molecule has 0 aliphatic rings. The number of benzene rings is 3. The third-order valence-electron chi connectivity index (χ3n) is 6.57. The van der Waals surface area contributed by atoms with Crippen LogP contribution in [0.15, 0.2) is 76.1 Å². The van der Waals surface area contributed by atoms with E-state index in [2.05, 4.69) is 21.2 Å². The van der Waals surface area contributed by atoms with Gasteiger partial charge in [-0.15, -0.1) is 0 Å². The molecule has 208 valence electrons. The molecule has 0 saturated carbocycles. The van der Waals surface area contributed by atoms with Gasteiger partial charge >= 0.3 is 0 Å². The molecule has 0 aromatic heterocycles. The molecule has 0 saturated heterocycles. The van der Waals surface area contributed by atoms with Crippen LogP contribution in [-0.4, -0.2) is 43.8 Å². The lowest BCUT2D eigenvalue weighted by Crippen LogP contribution is -2.52. The molecule has 0 radical (unpaired) electrons. The highest BCUT2D eigenvalue weighted by Crippen LogP contribution is 2.29. The summed E-state index contributed by atoms with van der Waals surface area (Å²) in [5, 5.41) is 2.86. The van der Waals surface area contributed by atoms with E-state index in [-0.39, 0.29) is 23.4 Å². The standard InChI is InChI=1S/C30H36BrN3O4S/c1-20(2)32-30(36)24(6)33(18-25-10-8-11-26(31)17-25)29(35)19-34(28-12-7-9-22(4)23(28)5)39(37,38)27-15-13-21(3)14-16-27/h7-17,20,24H,18-19H2,1-6H3,(H,32,36)/t24-/m1/s1. The molecule has 2 amide bonds. The van der Waals surface area contributed by atoms with Gasteiger partial charge in [-0.1, -0.05) is 57.9 Å². The molecule has 9 heteroatoms. The number of anilines is 1. The summed E-state index contributed by atoms with van der Waals surface area (Å²) in [6.07, 6.45) is 0. The van der Waals surface area contributed by atoms with Crippen molar-refractivity contribution in [1.82, 2.24) is 10.2 Å². The summed E-state index contributed by atoms with van der Waals surface area (Å²) in [4.78, 5) is 28.5. The van der Waals surface area contributed by atoms with E-state index < -0.39 is 28.5 Å². The van der Waals surface area contributed by atoms with Gasteiger partial charge in [0.1, 0.15) is 12.6 Å². The average Bonchev–Trinajstić information content (AvgIpc) is 2.87. The summed E-state index contributed by atoms with van der Waals surface area (Å²) >= 11 is 3.46. The van der Waals surface area contributed by atoms with Crippen molar-refractivity contribution in [3.8, 4) is 0 Å². The van der Waals surface area contributed by atoms with Gasteiger partial charge in [-0.3, -0.25) is 13.9 Å². The first-order valence-corrected chi connectivity index (χ1v) is 15.0. The Morgan fingerprint density at radius 2 is 1.56 bits per heavy atom. The minimum Gasteiger partial charge on any atom is -0.352 e. The maximum Gasteiger partial charge on any atom is 0.264 e. The molecule has 0 aliphatic heterocycles. The molecule has 7 nitrogen and oxygen atoms in total. The zero-order valence-corrected chi connectivity index (χ0v) is 25.6. The number of amides is 2. The van der Waals surface area contributed by atoms with E-state index in [0.29, 0.717) is 5.69 Å². The molecule has 0 bridgehead atoms. The van der Waals surface area contributed by atoms with Crippen molar-refractivity contribution in [3.63, 3.8) is 0 Å². The summed E-state index contributed by atoms with van der Waals surface area (Å²) in [6.45, 7) is 10.6. The topological polar surface area (TPSA) is 86.8 Å². The second-order valence-electron chi connectivity index (χ2n) is 10.0. The molecule has 1 N–H and O–H groups in total. The van der Waals surface area contributed by atoms with Crippen molar-refractivity contribution in [2.24, 2.45) is 0 Å². The summed E-state index contributed by atoms with van der Waals surface area (Å²) in [7, 11) is -4.11. The number of carbonyl (C=O) groups is 2. The fourth-order valence-electron chi connectivity index (χ4n) is 4.18. The van der Waals surface area contributed by atoms with Crippen LogP contribution in [0.25, 0.3) is 0 Å². The number of hydrogen-bond acceptors (Lipinski definition) is 4. The molecule has 1 atom stereocenters. The van der Waals surface area contributed by atoms with Crippen LogP contribution in [0.1, 0.15) is 43.0 Å². The first-order chi connectivity index (χ1) is 18.3. The van der Waals surface area contributed by atoms with Crippen LogP contribution >= 0.6 is 15.9 Å². The van der Waals surface area contributed by atoms with E-state index >= 15 is 0 Å². The minimum atomic E-state index is -4.11. The number of carbonyl (C=O) groups excluding carboxylic acids is 2. The van der Waals surface area contributed by atoms with E-state index in [1.165, 1.54) is 4.90 Å². The Kier molecular flexibility index (Phi) is 9.96. The van der Waals surface area contributed by atoms with E-state index in [4.69, 9.17) is 0 Å². The highest BCUT2D eigenvalue weighted by atomic mass is 79.9. The quantitative estimate of drug-likeness (QED) is 0.326. The number of nitrogens with zero attached hydrogens (tertiary/aromatic N) is 2. The largest absolute Gasteiger partial charge is 0.352 e. The van der Waals surface area contributed by atoms with Gasteiger partial charge < -0.3 is 10.2 Å². The van der Waals surface area contributed by atoms with E-state index in [1.54, 1.807) is 43.3 Å². The molecular formula is C30H36BrN3O4S. The highest BCUT2D eigenvalue weighted by Gasteiger charge is 2.33. The van der Waals surface area contributed by atoms with Crippen LogP contribution in [0.2, 0.25) is 0 Å². The Hall–Kier alpha value is -3.17. The second-order valence-corrected chi connectivity index (χ2v) is 12.8. The van der Waals surface area contributed by atoms with Crippen LogP contribution in [0, 0.1) is 20.8 Å². The van der Waals surface area contributed by atoms with Crippen LogP contribution in [0.4, 0.5) is 5.69 Å². The van der Waals surface area contributed by atoms with Gasteiger partial charge in [-0.25, -0.2) is 8.42 Å². The van der Waals surface area contributed by atoms with Crippen molar-refractivity contribution in [1.29, 1.82) is 0 Å². The molecule has 0 fully saturated rings. The number of halogens is 1. The minimum absolute atomic E-state index is 0.0888. The Bertz CT molecular complexity index is 1440. The van der Waals surface area contributed by atoms with Crippen molar-refractivity contribution in [3.05, 3.63) is 93.5 Å². The Morgan fingerprint density at radius 1 is 0.923 bits per heavy atom. The lowest BCUT2D eigenvalue weighted by atomic mass is 10.1. The predicted octanol–water partition coefficient (Wildman–Crippen LogP) is 5.51. The summed E-state index contributed by atoms with van der Waals surface area (Å²) < 4.78 is 30.0. The van der Waals surface area contributed by atoms with Gasteiger partial charge in [0, 0.05) is 17.1 Å². The van der Waals surface area contributed by atoms with E-state index in [9.17, 15) is 18.0 Å². The summed E-state index contributed by atoms with van der Waals surface area (Å²) in [5.74, 6) is -0.800. The first kappa shape index (κ1) is 30.4. The fraction of sp³-hybridized carbons (Fsp3) is 0.333. The van der Waals surface area contributed by atoms with Crippen molar-refractivity contribution in [2.75, 3.05) is 10.8 Å².